The van der Waals surface area contributed by atoms with Gasteiger partial charge in [0.05, 0.1) is 0 Å². The van der Waals surface area contributed by atoms with Crippen LogP contribution >= 0.6 is 0 Å². The quantitative estimate of drug-likeness (QED) is 0.698. The molecule has 1 aliphatic rings. The third-order valence-electron chi connectivity index (χ3n) is 1.35. The molecule has 0 aromatic heterocycles. The van der Waals surface area contributed by atoms with Crippen molar-refractivity contribution in [3.8, 4) is 0 Å². The summed E-state index contributed by atoms with van der Waals surface area (Å²) in [5, 5.41) is 0. The zero-order valence-corrected chi connectivity index (χ0v) is 8.62. The van der Waals surface area contributed by atoms with Crippen LogP contribution in [0.3, 0.4) is 0 Å². The second-order valence-corrected chi connectivity index (χ2v) is 15.7. The predicted molar refractivity (Wildman–Crippen MR) is 39.6 cm³/mol. The average Bonchev–Trinajstić information content (AvgIpc) is 2.08. The number of allylic oxidation sites excluding steroid dienone is 4. The van der Waals surface area contributed by atoms with Gasteiger partial charge in [-0.3, -0.25) is 0 Å². The first-order chi connectivity index (χ1) is 4.11. The normalized spacial score (nSPS) is 21.2. The van der Waals surface area contributed by atoms with E-state index in [4.69, 9.17) is 0 Å². The third kappa shape index (κ3) is 1.77. The Labute approximate surface area is 60.6 Å². The molecule has 9 heavy (non-hydrogen) atoms. The molecule has 0 saturated heterocycles. The Balaban J connectivity index is 2.64. The first-order valence-corrected chi connectivity index (χ1v) is 11.4. The number of rotatable bonds is 1. The van der Waals surface area contributed by atoms with Gasteiger partial charge in [0.2, 0.25) is 0 Å². The SMILES string of the molecule is [CH3][Ir]([CH3])([CH3])[CH]1C=CC=C1. The molecule has 0 bridgehead atoms. The van der Waals surface area contributed by atoms with Gasteiger partial charge in [-0.05, 0) is 0 Å². The molecule has 1 heteroatoms. The Morgan fingerprint density at radius 1 is 1.00 bits per heavy atom. The zero-order valence-electron chi connectivity index (χ0n) is 6.22. The maximum atomic E-state index is 2.45. The van der Waals surface area contributed by atoms with Crippen LogP contribution in [0.1, 0.15) is 0 Å². The summed E-state index contributed by atoms with van der Waals surface area (Å²) in [5.41, 5.74) is 7.35. The second kappa shape index (κ2) is 2.40. The van der Waals surface area contributed by atoms with Crippen LogP contribution in [-0.2, 0) is 15.3 Å². The first-order valence-electron chi connectivity index (χ1n) is 2.86. The van der Waals surface area contributed by atoms with Crippen LogP contribution in [0.2, 0.25) is 20.7 Å². The maximum absolute atomic E-state index is 2.45. The van der Waals surface area contributed by atoms with Gasteiger partial charge >= 0.3 is 60.3 Å². The van der Waals surface area contributed by atoms with Gasteiger partial charge in [0.1, 0.15) is 0 Å². The Morgan fingerprint density at radius 2 is 1.44 bits per heavy atom. The van der Waals surface area contributed by atoms with Crippen molar-refractivity contribution in [1.82, 2.24) is 0 Å². The van der Waals surface area contributed by atoms with Crippen molar-refractivity contribution >= 4 is 0 Å². The summed E-state index contributed by atoms with van der Waals surface area (Å²) in [6.07, 6.45) is 9.00. The summed E-state index contributed by atoms with van der Waals surface area (Å²) in [4.78, 5) is 0. The summed E-state index contributed by atoms with van der Waals surface area (Å²) < 4.78 is 0.838. The molecule has 0 radical (unpaired) electrons. The van der Waals surface area contributed by atoms with Gasteiger partial charge in [-0.2, -0.15) is 0 Å². The molecular formula is C8H14Ir. The molecule has 0 aliphatic heterocycles. The van der Waals surface area contributed by atoms with E-state index in [0.717, 1.165) is 4.43 Å². The van der Waals surface area contributed by atoms with E-state index in [1.165, 1.54) is 0 Å². The van der Waals surface area contributed by atoms with Gasteiger partial charge in [-0.1, -0.05) is 0 Å². The molecule has 0 fully saturated rings. The van der Waals surface area contributed by atoms with Crippen LogP contribution < -0.4 is 0 Å². The van der Waals surface area contributed by atoms with E-state index < -0.39 is 15.3 Å². The molecule has 0 atom stereocenters. The van der Waals surface area contributed by atoms with Crippen molar-refractivity contribution in [2.75, 3.05) is 0 Å². The monoisotopic (exact) mass is 303 g/mol. The summed E-state index contributed by atoms with van der Waals surface area (Å²) in [6.45, 7) is 0. The van der Waals surface area contributed by atoms with E-state index in [0.29, 0.717) is 0 Å². The predicted octanol–water partition coefficient (Wildman–Crippen LogP) is 3.20. The van der Waals surface area contributed by atoms with Crippen molar-refractivity contribution in [1.29, 1.82) is 0 Å². The standard InChI is InChI=1S/C5H5.3CH3.Ir/c1-2-4-5-3-1;;;;/h1-5H;3*1H3;. The minimum absolute atomic E-state index is 0.838. The van der Waals surface area contributed by atoms with Gasteiger partial charge in [0.25, 0.3) is 0 Å². The van der Waals surface area contributed by atoms with Gasteiger partial charge in [0, 0.05) is 0 Å². The molecule has 0 aromatic rings. The van der Waals surface area contributed by atoms with Gasteiger partial charge in [0.15, 0.2) is 0 Å². The van der Waals surface area contributed by atoms with Gasteiger partial charge < -0.3 is 0 Å². The minimum atomic E-state index is -1.35. The average molecular weight is 302 g/mol. The third-order valence-corrected chi connectivity index (χ3v) is 7.06. The molecule has 0 nitrogen and oxygen atoms in total. The van der Waals surface area contributed by atoms with Crippen molar-refractivity contribution in [3.05, 3.63) is 24.3 Å². The Kier molecular flexibility index (Phi) is 1.93. The fraction of sp³-hybridized carbons (Fsp3) is 0.500. The van der Waals surface area contributed by atoms with E-state index in [2.05, 4.69) is 40.6 Å². The van der Waals surface area contributed by atoms with Crippen molar-refractivity contribution in [2.45, 2.75) is 20.7 Å². The topological polar surface area (TPSA) is 0 Å². The fourth-order valence-corrected chi connectivity index (χ4v) is 4.08. The Morgan fingerprint density at radius 3 is 1.67 bits per heavy atom. The van der Waals surface area contributed by atoms with E-state index in [1.807, 2.05) is 0 Å². The van der Waals surface area contributed by atoms with E-state index >= 15 is 0 Å². The van der Waals surface area contributed by atoms with Crippen molar-refractivity contribution in [3.63, 3.8) is 0 Å². The van der Waals surface area contributed by atoms with E-state index in [-0.39, 0.29) is 0 Å². The molecular weight excluding hydrogens is 288 g/mol. The second-order valence-electron chi connectivity index (χ2n) is 2.76. The van der Waals surface area contributed by atoms with Crippen LogP contribution in [0.15, 0.2) is 24.3 Å². The molecule has 0 unspecified atom stereocenters. The molecule has 0 heterocycles. The molecule has 0 amide bonds. The summed E-state index contributed by atoms with van der Waals surface area (Å²) >= 11 is -1.35. The van der Waals surface area contributed by atoms with Crippen LogP contribution in [0.4, 0.5) is 0 Å². The molecule has 55 valence electrons. The summed E-state index contributed by atoms with van der Waals surface area (Å²) in [6, 6.07) is 0. The Hall–Kier alpha value is 0.129. The molecule has 0 aromatic carbocycles. The molecule has 0 spiro atoms. The van der Waals surface area contributed by atoms with Crippen LogP contribution in [0.25, 0.3) is 0 Å². The van der Waals surface area contributed by atoms with Crippen LogP contribution in [0, 0.1) is 0 Å². The zero-order chi connectivity index (χ0) is 6.91. The van der Waals surface area contributed by atoms with Crippen LogP contribution in [0.5, 0.6) is 0 Å². The molecule has 0 saturated carbocycles. The number of hydrogen-bond donors (Lipinski definition) is 0. The molecule has 1 aliphatic carbocycles. The number of hydrogen-bond acceptors (Lipinski definition) is 0. The Bertz CT molecular complexity index is 136. The fourth-order valence-electron chi connectivity index (χ4n) is 0.780. The van der Waals surface area contributed by atoms with Crippen molar-refractivity contribution in [2.24, 2.45) is 0 Å². The molecule has 0 N–H and O–H groups in total. The molecule has 1 rings (SSSR count). The van der Waals surface area contributed by atoms with E-state index in [1.54, 1.807) is 0 Å². The van der Waals surface area contributed by atoms with Gasteiger partial charge in [-0.15, -0.1) is 0 Å². The van der Waals surface area contributed by atoms with Crippen LogP contribution in [-0.4, -0.2) is 0 Å². The summed E-state index contributed by atoms with van der Waals surface area (Å²) in [7, 11) is 0. The van der Waals surface area contributed by atoms with E-state index in [9.17, 15) is 0 Å². The van der Waals surface area contributed by atoms with Crippen molar-refractivity contribution < 1.29 is 15.3 Å². The first kappa shape index (κ1) is 7.24. The van der Waals surface area contributed by atoms with Gasteiger partial charge in [-0.25, -0.2) is 0 Å². The summed E-state index contributed by atoms with van der Waals surface area (Å²) in [5.74, 6) is 0.